The third-order valence-electron chi connectivity index (χ3n) is 2.56. The van der Waals surface area contributed by atoms with Crippen LogP contribution < -0.4 is 16.0 Å². The topological polar surface area (TPSA) is 77.5 Å². The van der Waals surface area contributed by atoms with E-state index in [1.165, 1.54) is 0 Å². The molecule has 0 unspecified atom stereocenters. The van der Waals surface area contributed by atoms with Gasteiger partial charge in [0.1, 0.15) is 23.9 Å². The summed E-state index contributed by atoms with van der Waals surface area (Å²) >= 11 is 11.7. The molecule has 1 aromatic carbocycles. The van der Waals surface area contributed by atoms with E-state index >= 15 is 0 Å². The number of aryl methyl sites for hydroxylation is 1. The molecule has 2 rings (SSSR count). The molecular weight excluding hydrogens is 303 g/mol. The summed E-state index contributed by atoms with van der Waals surface area (Å²) in [6, 6.07) is 6.45. The van der Waals surface area contributed by atoms with Crippen molar-refractivity contribution >= 4 is 29.1 Å². The maximum Gasteiger partial charge on any atom is 0.268 e. The van der Waals surface area contributed by atoms with Crippen LogP contribution in [-0.4, -0.2) is 5.91 Å². The van der Waals surface area contributed by atoms with Crippen LogP contribution in [0.5, 0.6) is 5.75 Å². The van der Waals surface area contributed by atoms with Crippen molar-refractivity contribution in [3.8, 4) is 5.75 Å². The third-order valence-corrected chi connectivity index (χ3v) is 3.00. The van der Waals surface area contributed by atoms with E-state index < -0.39 is 5.91 Å². The second-order valence-electron chi connectivity index (χ2n) is 4.05. The number of furan rings is 1. The molecule has 1 amide bonds. The van der Waals surface area contributed by atoms with E-state index in [0.717, 1.165) is 0 Å². The van der Waals surface area contributed by atoms with Crippen molar-refractivity contribution in [1.29, 1.82) is 0 Å². The third kappa shape index (κ3) is 3.45. The maximum absolute atomic E-state index is 11.4. The largest absolute Gasteiger partial charge is 0.486 e. The highest BCUT2D eigenvalue weighted by molar-refractivity contribution is 6.34. The lowest BCUT2D eigenvalue weighted by Crippen LogP contribution is -2.30. The highest BCUT2D eigenvalue weighted by atomic mass is 35.5. The van der Waals surface area contributed by atoms with Crippen LogP contribution in [0.15, 0.2) is 28.7 Å². The molecule has 0 aliphatic carbocycles. The average Bonchev–Trinajstić information content (AvgIpc) is 2.76. The Morgan fingerprint density at radius 2 is 1.95 bits per heavy atom. The van der Waals surface area contributed by atoms with E-state index in [2.05, 4.69) is 0 Å². The number of carbonyl (C=O) groups excluding carboxylic acids is 1. The Bertz CT molecular complexity index is 620. The predicted octanol–water partition coefficient (Wildman–Crippen LogP) is 3.08. The number of hydrogen-bond acceptors (Lipinski definition) is 4. The quantitative estimate of drug-likeness (QED) is 0.516. The molecule has 0 aliphatic heterocycles. The van der Waals surface area contributed by atoms with Crippen molar-refractivity contribution < 1.29 is 13.9 Å². The average molecular weight is 315 g/mol. The summed E-state index contributed by atoms with van der Waals surface area (Å²) in [4.78, 5) is 11.4. The summed E-state index contributed by atoms with van der Waals surface area (Å²) in [6.45, 7) is 1.82. The highest BCUT2D eigenvalue weighted by Gasteiger charge is 2.14. The zero-order chi connectivity index (χ0) is 14.7. The Hall–Kier alpha value is -1.69. The molecule has 0 saturated carbocycles. The van der Waals surface area contributed by atoms with E-state index in [0.29, 0.717) is 32.9 Å². The molecule has 3 N–H and O–H groups in total. The molecule has 0 radical (unpaired) electrons. The lowest BCUT2D eigenvalue weighted by molar-refractivity contribution is 0.0952. The normalized spacial score (nSPS) is 10.4. The van der Waals surface area contributed by atoms with Crippen molar-refractivity contribution in [2.45, 2.75) is 13.5 Å². The van der Waals surface area contributed by atoms with Gasteiger partial charge in [-0.1, -0.05) is 23.2 Å². The second-order valence-corrected chi connectivity index (χ2v) is 4.92. The summed E-state index contributed by atoms with van der Waals surface area (Å²) < 4.78 is 10.9. The number of nitrogen functional groups attached to an aromatic ring is 1. The van der Waals surface area contributed by atoms with E-state index in [9.17, 15) is 4.79 Å². The van der Waals surface area contributed by atoms with Crippen molar-refractivity contribution in [1.82, 2.24) is 5.43 Å². The van der Waals surface area contributed by atoms with E-state index in [-0.39, 0.29) is 6.61 Å². The van der Waals surface area contributed by atoms with Gasteiger partial charge in [-0.15, -0.1) is 0 Å². The first-order valence-electron chi connectivity index (χ1n) is 5.68. The number of amides is 1. The molecule has 20 heavy (non-hydrogen) atoms. The zero-order valence-electron chi connectivity index (χ0n) is 10.6. The van der Waals surface area contributed by atoms with Gasteiger partial charge in [0, 0.05) is 10.0 Å². The Labute approximate surface area is 125 Å². The second kappa shape index (κ2) is 6.17. The van der Waals surface area contributed by atoms with Crippen LogP contribution in [0.1, 0.15) is 21.9 Å². The number of hydrogen-bond donors (Lipinski definition) is 2. The molecule has 0 aliphatic rings. The van der Waals surface area contributed by atoms with Crippen LogP contribution in [0.4, 0.5) is 0 Å². The Kier molecular flexibility index (Phi) is 4.54. The van der Waals surface area contributed by atoms with Gasteiger partial charge < -0.3 is 9.15 Å². The summed E-state index contributed by atoms with van der Waals surface area (Å²) in [5.41, 5.74) is 2.42. The van der Waals surface area contributed by atoms with Gasteiger partial charge in [0.15, 0.2) is 0 Å². The van der Waals surface area contributed by atoms with E-state index in [4.69, 9.17) is 38.2 Å². The summed E-state index contributed by atoms with van der Waals surface area (Å²) in [7, 11) is 0. The fourth-order valence-corrected chi connectivity index (χ4v) is 2.19. The maximum atomic E-state index is 11.4. The molecule has 0 fully saturated rings. The monoisotopic (exact) mass is 314 g/mol. The Morgan fingerprint density at radius 1 is 1.30 bits per heavy atom. The van der Waals surface area contributed by atoms with Crippen LogP contribution in [0, 0.1) is 6.92 Å². The number of rotatable bonds is 4. The lowest BCUT2D eigenvalue weighted by atomic mass is 10.2. The number of ether oxygens (including phenoxy) is 1. The van der Waals surface area contributed by atoms with Crippen molar-refractivity contribution in [3.63, 3.8) is 0 Å². The summed E-state index contributed by atoms with van der Waals surface area (Å²) in [5, 5.41) is 0.956. The minimum absolute atomic E-state index is 0.148. The van der Waals surface area contributed by atoms with Crippen LogP contribution in [-0.2, 0) is 6.61 Å². The first kappa shape index (κ1) is 14.7. The van der Waals surface area contributed by atoms with Crippen LogP contribution in [0.25, 0.3) is 0 Å². The molecule has 1 heterocycles. The van der Waals surface area contributed by atoms with Gasteiger partial charge in [-0.25, -0.2) is 5.84 Å². The van der Waals surface area contributed by atoms with Gasteiger partial charge in [0.05, 0.1) is 5.56 Å². The molecule has 0 spiro atoms. The van der Waals surface area contributed by atoms with Gasteiger partial charge in [-0.05, 0) is 31.2 Å². The predicted molar refractivity (Wildman–Crippen MR) is 75.9 cm³/mol. The SMILES string of the molecule is Cc1oc(COc2cc(Cl)cc(Cl)c2)cc1C(=O)NN. The van der Waals surface area contributed by atoms with Crippen LogP contribution in [0.3, 0.4) is 0 Å². The van der Waals surface area contributed by atoms with Crippen LogP contribution >= 0.6 is 23.2 Å². The number of hydrazine groups is 1. The summed E-state index contributed by atoms with van der Waals surface area (Å²) in [6.07, 6.45) is 0. The van der Waals surface area contributed by atoms with Gasteiger partial charge in [0.25, 0.3) is 5.91 Å². The van der Waals surface area contributed by atoms with Crippen LogP contribution in [0.2, 0.25) is 10.0 Å². The highest BCUT2D eigenvalue weighted by Crippen LogP contribution is 2.25. The minimum Gasteiger partial charge on any atom is -0.486 e. The number of halogens is 2. The molecule has 1 aromatic heterocycles. The van der Waals surface area contributed by atoms with Gasteiger partial charge in [-0.3, -0.25) is 10.2 Å². The molecule has 106 valence electrons. The summed E-state index contributed by atoms with van der Waals surface area (Å²) in [5.74, 6) is 6.15. The number of benzene rings is 1. The number of nitrogens with one attached hydrogen (secondary N) is 1. The van der Waals surface area contributed by atoms with Gasteiger partial charge >= 0.3 is 0 Å². The minimum atomic E-state index is -0.414. The molecule has 5 nitrogen and oxygen atoms in total. The first-order chi connectivity index (χ1) is 9.49. The van der Waals surface area contributed by atoms with Crippen molar-refractivity contribution in [3.05, 3.63) is 51.4 Å². The van der Waals surface area contributed by atoms with E-state index in [1.54, 1.807) is 31.2 Å². The first-order valence-corrected chi connectivity index (χ1v) is 6.44. The Morgan fingerprint density at radius 3 is 2.55 bits per heavy atom. The van der Waals surface area contributed by atoms with Crippen molar-refractivity contribution in [2.24, 2.45) is 5.84 Å². The van der Waals surface area contributed by atoms with Crippen molar-refractivity contribution in [2.75, 3.05) is 0 Å². The number of nitrogens with two attached hydrogens (primary N) is 1. The number of carbonyl (C=O) groups is 1. The molecule has 2 aromatic rings. The standard InChI is InChI=1S/C13H12Cl2N2O3/c1-7-12(13(18)17-16)5-11(20-7)6-19-10-3-8(14)2-9(15)4-10/h2-5H,6,16H2,1H3,(H,17,18). The lowest BCUT2D eigenvalue weighted by Gasteiger charge is -2.05. The Balaban J connectivity index is 2.09. The molecule has 7 heteroatoms. The fraction of sp³-hybridized carbons (Fsp3) is 0.154. The molecule has 0 saturated heterocycles. The zero-order valence-corrected chi connectivity index (χ0v) is 12.1. The smallest absolute Gasteiger partial charge is 0.268 e. The van der Waals surface area contributed by atoms with Gasteiger partial charge in [-0.2, -0.15) is 0 Å². The molecule has 0 bridgehead atoms. The van der Waals surface area contributed by atoms with Gasteiger partial charge in [0.2, 0.25) is 0 Å². The molecular formula is C13H12Cl2N2O3. The fourth-order valence-electron chi connectivity index (χ4n) is 1.68. The molecule has 0 atom stereocenters. The van der Waals surface area contributed by atoms with E-state index in [1.807, 2.05) is 5.43 Å².